The minimum atomic E-state index is -0.0195. The molecule has 0 aromatic carbocycles. The van der Waals surface area contributed by atoms with Crippen LogP contribution in [0.2, 0.25) is 0 Å². The molecule has 0 radical (unpaired) electrons. The monoisotopic (exact) mass is 333 g/mol. The Labute approximate surface area is 145 Å². The molecule has 1 unspecified atom stereocenters. The highest BCUT2D eigenvalue weighted by Crippen LogP contribution is 2.17. The first-order chi connectivity index (χ1) is 11.4. The second-order valence-corrected chi connectivity index (χ2v) is 7.22. The molecule has 1 fully saturated rings. The summed E-state index contributed by atoms with van der Waals surface area (Å²) in [5, 5.41) is 6.70. The molecule has 0 amide bonds. The highest BCUT2D eigenvalue weighted by atomic mass is 16.5. The summed E-state index contributed by atoms with van der Waals surface area (Å²) in [6.07, 6.45) is 2.11. The largest absolute Gasteiger partial charge is 0.375 e. The molecule has 0 spiro atoms. The number of anilines is 1. The quantitative estimate of drug-likeness (QED) is 0.653. The molecule has 1 aromatic rings. The Hall–Kier alpha value is -1.82. The Balaban J connectivity index is 2.06. The maximum absolute atomic E-state index is 5.60. The van der Waals surface area contributed by atoms with Crippen molar-refractivity contribution in [3.63, 3.8) is 0 Å². The van der Waals surface area contributed by atoms with Crippen LogP contribution in [0.25, 0.3) is 0 Å². The maximum Gasteiger partial charge on any atom is 0.191 e. The number of aromatic nitrogens is 1. The maximum atomic E-state index is 5.60. The van der Waals surface area contributed by atoms with E-state index in [1.54, 1.807) is 0 Å². The molecule has 1 aliphatic rings. The molecule has 2 N–H and O–H groups in total. The van der Waals surface area contributed by atoms with Gasteiger partial charge >= 0.3 is 0 Å². The fourth-order valence-electron chi connectivity index (χ4n) is 2.59. The van der Waals surface area contributed by atoms with Crippen molar-refractivity contribution in [2.75, 3.05) is 31.1 Å². The van der Waals surface area contributed by atoms with Crippen LogP contribution in [-0.2, 0) is 11.3 Å². The molecule has 0 aliphatic carbocycles. The van der Waals surface area contributed by atoms with Crippen molar-refractivity contribution >= 4 is 11.8 Å². The fourth-order valence-corrected chi connectivity index (χ4v) is 2.59. The minimum absolute atomic E-state index is 0.0195. The smallest absolute Gasteiger partial charge is 0.191 e. The van der Waals surface area contributed by atoms with Gasteiger partial charge in [0.25, 0.3) is 0 Å². The van der Waals surface area contributed by atoms with Gasteiger partial charge in [-0.3, -0.25) is 0 Å². The van der Waals surface area contributed by atoms with Crippen molar-refractivity contribution in [2.45, 2.75) is 52.8 Å². The van der Waals surface area contributed by atoms with E-state index in [0.29, 0.717) is 6.54 Å². The molecule has 24 heavy (non-hydrogen) atoms. The molecule has 0 saturated carbocycles. The van der Waals surface area contributed by atoms with Crippen LogP contribution < -0.4 is 15.5 Å². The summed E-state index contributed by atoms with van der Waals surface area (Å²) in [7, 11) is 0. The highest BCUT2D eigenvalue weighted by Gasteiger charge is 2.18. The molecule has 134 valence electrons. The molecule has 0 bridgehead atoms. The number of ether oxygens (including phenoxy) is 1. The van der Waals surface area contributed by atoms with Crippen LogP contribution in [-0.4, -0.2) is 48.8 Å². The average molecular weight is 333 g/mol. The van der Waals surface area contributed by atoms with Gasteiger partial charge in [-0.1, -0.05) is 0 Å². The van der Waals surface area contributed by atoms with Gasteiger partial charge in [-0.25, -0.2) is 9.98 Å². The number of hydrogen-bond acceptors (Lipinski definition) is 4. The summed E-state index contributed by atoms with van der Waals surface area (Å²) >= 11 is 0. The number of nitrogens with one attached hydrogen (secondary N) is 2. The zero-order valence-corrected chi connectivity index (χ0v) is 15.6. The van der Waals surface area contributed by atoms with Crippen molar-refractivity contribution in [1.29, 1.82) is 0 Å². The first kappa shape index (κ1) is 18.5. The van der Waals surface area contributed by atoms with E-state index in [1.165, 1.54) is 0 Å². The van der Waals surface area contributed by atoms with Crippen LogP contribution in [0.5, 0.6) is 0 Å². The van der Waals surface area contributed by atoms with Crippen molar-refractivity contribution in [1.82, 2.24) is 15.6 Å². The molecule has 2 rings (SSSR count). The van der Waals surface area contributed by atoms with Gasteiger partial charge in [-0.2, -0.15) is 0 Å². The van der Waals surface area contributed by atoms with Gasteiger partial charge in [-0.15, -0.1) is 0 Å². The summed E-state index contributed by atoms with van der Waals surface area (Å²) in [4.78, 5) is 11.5. The highest BCUT2D eigenvalue weighted by molar-refractivity contribution is 5.80. The van der Waals surface area contributed by atoms with E-state index in [-0.39, 0.29) is 11.6 Å². The molecule has 2 heterocycles. The van der Waals surface area contributed by atoms with Crippen LogP contribution in [0.3, 0.4) is 0 Å². The molecule has 1 aromatic heterocycles. The van der Waals surface area contributed by atoms with Gasteiger partial charge in [0.15, 0.2) is 5.96 Å². The van der Waals surface area contributed by atoms with E-state index in [9.17, 15) is 0 Å². The van der Waals surface area contributed by atoms with Gasteiger partial charge in [0.2, 0.25) is 0 Å². The van der Waals surface area contributed by atoms with E-state index in [2.05, 4.69) is 61.2 Å². The number of pyridine rings is 1. The van der Waals surface area contributed by atoms with Gasteiger partial charge < -0.3 is 20.3 Å². The lowest BCUT2D eigenvalue weighted by atomic mass is 10.1. The molecule has 1 aliphatic heterocycles. The van der Waals surface area contributed by atoms with E-state index in [1.807, 2.05) is 12.3 Å². The lowest BCUT2D eigenvalue weighted by molar-refractivity contribution is 0.0529. The lowest BCUT2D eigenvalue weighted by Crippen LogP contribution is -2.47. The summed E-state index contributed by atoms with van der Waals surface area (Å²) in [6.45, 7) is 14.6. The van der Waals surface area contributed by atoms with Gasteiger partial charge in [-0.05, 0) is 52.3 Å². The number of aliphatic imine (C=N–C) groups is 1. The minimum Gasteiger partial charge on any atom is -0.375 e. The molecular formula is C18H31N5O. The van der Waals surface area contributed by atoms with Crippen molar-refractivity contribution in [3.8, 4) is 0 Å². The van der Waals surface area contributed by atoms with Gasteiger partial charge in [0.1, 0.15) is 5.82 Å². The summed E-state index contributed by atoms with van der Waals surface area (Å²) in [5.41, 5.74) is 1.14. The van der Waals surface area contributed by atoms with E-state index >= 15 is 0 Å². The Bertz CT molecular complexity index is 553. The Kier molecular flexibility index (Phi) is 6.43. The average Bonchev–Trinajstić information content (AvgIpc) is 2.52. The van der Waals surface area contributed by atoms with Crippen LogP contribution in [0, 0.1) is 0 Å². The number of nitrogens with zero attached hydrogens (tertiary/aromatic N) is 3. The molecular weight excluding hydrogens is 302 g/mol. The van der Waals surface area contributed by atoms with Gasteiger partial charge in [0, 0.05) is 31.4 Å². The van der Waals surface area contributed by atoms with Crippen molar-refractivity contribution < 1.29 is 4.74 Å². The third-order valence-corrected chi connectivity index (χ3v) is 3.63. The number of hydrogen-bond donors (Lipinski definition) is 2. The Morgan fingerprint density at radius 3 is 2.92 bits per heavy atom. The first-order valence-corrected chi connectivity index (χ1v) is 8.75. The fraction of sp³-hybridized carbons (Fsp3) is 0.667. The lowest BCUT2D eigenvalue weighted by Gasteiger charge is -2.32. The number of guanidine groups is 1. The second kappa shape index (κ2) is 8.33. The van der Waals surface area contributed by atoms with Gasteiger partial charge in [0.05, 0.1) is 19.3 Å². The first-order valence-electron chi connectivity index (χ1n) is 8.75. The zero-order chi connectivity index (χ0) is 17.6. The molecule has 6 heteroatoms. The Morgan fingerprint density at radius 1 is 1.46 bits per heavy atom. The standard InChI is InChI=1S/C18H31N5O/c1-6-19-17(22-18(3,4)5)21-12-15-7-8-20-16(11-15)23-9-10-24-14(2)13-23/h7-8,11,14H,6,9-10,12-13H2,1-5H3,(H2,19,21,22). The van der Waals surface area contributed by atoms with E-state index in [0.717, 1.165) is 43.6 Å². The van der Waals surface area contributed by atoms with Crippen molar-refractivity contribution in [3.05, 3.63) is 23.9 Å². The van der Waals surface area contributed by atoms with E-state index < -0.39 is 0 Å². The summed E-state index contributed by atoms with van der Waals surface area (Å²) < 4.78 is 5.60. The molecule has 6 nitrogen and oxygen atoms in total. The topological polar surface area (TPSA) is 61.8 Å². The molecule has 1 atom stereocenters. The summed E-state index contributed by atoms with van der Waals surface area (Å²) in [6, 6.07) is 4.15. The van der Waals surface area contributed by atoms with Crippen molar-refractivity contribution in [2.24, 2.45) is 4.99 Å². The second-order valence-electron chi connectivity index (χ2n) is 7.22. The number of rotatable bonds is 4. The van der Waals surface area contributed by atoms with Crippen LogP contribution in [0.15, 0.2) is 23.3 Å². The normalized spacial score (nSPS) is 19.3. The SMILES string of the molecule is CCNC(=NCc1ccnc(N2CCOC(C)C2)c1)NC(C)(C)C. The predicted octanol–water partition coefficient (Wildman–Crippen LogP) is 2.16. The summed E-state index contributed by atoms with van der Waals surface area (Å²) in [5.74, 6) is 1.84. The van der Waals surface area contributed by atoms with Crippen LogP contribution in [0.1, 0.15) is 40.2 Å². The third kappa shape index (κ3) is 6.00. The third-order valence-electron chi connectivity index (χ3n) is 3.63. The Morgan fingerprint density at radius 2 is 2.25 bits per heavy atom. The number of morpholine rings is 1. The van der Waals surface area contributed by atoms with Crippen LogP contribution in [0.4, 0.5) is 5.82 Å². The predicted molar refractivity (Wildman–Crippen MR) is 99.6 cm³/mol. The zero-order valence-electron chi connectivity index (χ0n) is 15.6. The van der Waals surface area contributed by atoms with E-state index in [4.69, 9.17) is 9.73 Å². The molecule has 1 saturated heterocycles. The van der Waals surface area contributed by atoms with Crippen LogP contribution >= 0.6 is 0 Å².